The van der Waals surface area contributed by atoms with Gasteiger partial charge in [0.1, 0.15) is 18.1 Å². The van der Waals surface area contributed by atoms with Crippen molar-refractivity contribution in [2.75, 3.05) is 20.7 Å². The molecule has 1 N–H and O–H groups in total. The van der Waals surface area contributed by atoms with E-state index in [2.05, 4.69) is 45.3 Å². The van der Waals surface area contributed by atoms with Gasteiger partial charge in [-0.05, 0) is 58.4 Å². The number of pyridine rings is 1. The molecule has 2 aromatic rings. The lowest BCUT2D eigenvalue weighted by Gasteiger charge is -2.22. The molecule has 0 bridgehead atoms. The van der Waals surface area contributed by atoms with Gasteiger partial charge in [0, 0.05) is 34.2 Å². The Kier molecular flexibility index (Phi) is 8.42. The smallest absolute Gasteiger partial charge is 0.303 e. The summed E-state index contributed by atoms with van der Waals surface area (Å²) in [4.78, 5) is 17.2. The molecule has 0 radical (unpaired) electrons. The minimum atomic E-state index is -3.90. The molecular weight excluding hydrogens is 524 g/mol. The predicted octanol–water partition coefficient (Wildman–Crippen LogP) is 4.70. The molecule has 184 valence electrons. The molecule has 1 saturated carbocycles. The van der Waals surface area contributed by atoms with E-state index in [1.165, 1.54) is 38.9 Å². The van der Waals surface area contributed by atoms with Crippen molar-refractivity contribution in [1.29, 1.82) is 0 Å². The Morgan fingerprint density at radius 1 is 1.24 bits per heavy atom. The number of ether oxygens (including phenoxy) is 1. The van der Waals surface area contributed by atoms with E-state index in [0.717, 1.165) is 33.2 Å². The second-order valence-electron chi connectivity index (χ2n) is 10.1. The summed E-state index contributed by atoms with van der Waals surface area (Å²) in [5, 5.41) is 0.981. The third kappa shape index (κ3) is 6.44. The molecule has 2 aromatic heterocycles. The van der Waals surface area contributed by atoms with Crippen LogP contribution in [0.4, 0.5) is 0 Å². The Balaban J connectivity index is 1.97. The van der Waals surface area contributed by atoms with Crippen LogP contribution >= 0.6 is 15.9 Å². The van der Waals surface area contributed by atoms with Crippen LogP contribution in [-0.4, -0.2) is 57.0 Å². The Hall–Kier alpha value is -1.27. The molecular formula is C22H35BrN4O4SSi. The van der Waals surface area contributed by atoms with Crippen molar-refractivity contribution in [3.8, 4) is 0 Å². The maximum atomic E-state index is 12.7. The van der Waals surface area contributed by atoms with E-state index >= 15 is 0 Å². The molecule has 3 rings (SSSR count). The van der Waals surface area contributed by atoms with Gasteiger partial charge >= 0.3 is 10.2 Å². The van der Waals surface area contributed by atoms with Crippen molar-refractivity contribution in [1.82, 2.24) is 18.6 Å². The van der Waals surface area contributed by atoms with Crippen LogP contribution in [0.5, 0.6) is 0 Å². The first kappa shape index (κ1) is 26.3. The van der Waals surface area contributed by atoms with Gasteiger partial charge in [0.25, 0.3) is 5.91 Å². The maximum Gasteiger partial charge on any atom is 0.303 e. The van der Waals surface area contributed by atoms with E-state index in [-0.39, 0.29) is 5.69 Å². The predicted molar refractivity (Wildman–Crippen MR) is 137 cm³/mol. The average molecular weight is 560 g/mol. The molecule has 11 heteroatoms. The van der Waals surface area contributed by atoms with Gasteiger partial charge in [-0.25, -0.2) is 9.71 Å². The van der Waals surface area contributed by atoms with E-state index in [0.29, 0.717) is 24.9 Å². The van der Waals surface area contributed by atoms with Crippen LogP contribution in [0.15, 0.2) is 16.7 Å². The second-order valence-corrected chi connectivity index (χ2v) is 18.4. The van der Waals surface area contributed by atoms with Crippen LogP contribution in [-0.2, 0) is 21.7 Å². The highest BCUT2D eigenvalue weighted by molar-refractivity contribution is 9.10. The summed E-state index contributed by atoms with van der Waals surface area (Å²) in [6.45, 7) is 7.93. The zero-order valence-electron chi connectivity index (χ0n) is 20.1. The molecule has 1 aliphatic rings. The number of hydrogen-bond donors (Lipinski definition) is 1. The van der Waals surface area contributed by atoms with Crippen LogP contribution in [0.1, 0.15) is 54.1 Å². The summed E-state index contributed by atoms with van der Waals surface area (Å²) in [5.74, 6) is -0.331. The van der Waals surface area contributed by atoms with Crippen LogP contribution < -0.4 is 4.72 Å². The normalized spacial score (nSPS) is 16.0. The van der Waals surface area contributed by atoms with Crippen LogP contribution in [0.2, 0.25) is 25.7 Å². The minimum Gasteiger partial charge on any atom is -0.361 e. The number of fused-ring (bicyclic) bond motifs is 1. The number of amides is 1. The quantitative estimate of drug-likeness (QED) is 0.355. The number of halogens is 1. The van der Waals surface area contributed by atoms with E-state index in [1.807, 2.05) is 10.6 Å². The third-order valence-electron chi connectivity index (χ3n) is 6.05. The van der Waals surface area contributed by atoms with Gasteiger partial charge in [0.2, 0.25) is 0 Å². The summed E-state index contributed by atoms with van der Waals surface area (Å²) in [7, 11) is -2.39. The van der Waals surface area contributed by atoms with E-state index < -0.39 is 24.2 Å². The first-order valence-electron chi connectivity index (χ1n) is 11.4. The highest BCUT2D eigenvalue weighted by atomic mass is 79.9. The number of hydrogen-bond acceptors (Lipinski definition) is 5. The average Bonchev–Trinajstić information content (AvgIpc) is 3.01. The molecule has 0 spiro atoms. The zero-order chi connectivity index (χ0) is 24.4. The third-order valence-corrected chi connectivity index (χ3v) is 10.0. The Morgan fingerprint density at radius 3 is 2.52 bits per heavy atom. The number of carbonyl (C=O) groups is 1. The molecule has 0 saturated heterocycles. The topological polar surface area (TPSA) is 93.5 Å². The highest BCUT2D eigenvalue weighted by Crippen LogP contribution is 2.42. The lowest BCUT2D eigenvalue weighted by atomic mass is 9.84. The summed E-state index contributed by atoms with van der Waals surface area (Å²) in [6.07, 6.45) is 5.91. The Morgan fingerprint density at radius 2 is 1.91 bits per heavy atom. The lowest BCUT2D eigenvalue weighted by molar-refractivity contribution is 0.0881. The number of carbonyl (C=O) groups excluding carboxylic acids is 1. The summed E-state index contributed by atoms with van der Waals surface area (Å²) in [6, 6.07) is 4.54. The monoisotopic (exact) mass is 558 g/mol. The molecule has 33 heavy (non-hydrogen) atoms. The van der Waals surface area contributed by atoms with Gasteiger partial charge in [0.05, 0.1) is 4.60 Å². The molecule has 2 heterocycles. The van der Waals surface area contributed by atoms with Crippen LogP contribution in [0, 0.1) is 0 Å². The summed E-state index contributed by atoms with van der Waals surface area (Å²) in [5.41, 5.74) is 1.89. The van der Waals surface area contributed by atoms with E-state index in [9.17, 15) is 13.2 Å². The number of rotatable bonds is 9. The lowest BCUT2D eigenvalue weighted by Crippen LogP contribution is -2.39. The van der Waals surface area contributed by atoms with Crippen molar-refractivity contribution in [3.63, 3.8) is 0 Å². The first-order chi connectivity index (χ1) is 15.4. The molecule has 1 aliphatic carbocycles. The minimum absolute atomic E-state index is 0.0523. The Labute approximate surface area is 206 Å². The fourth-order valence-electron chi connectivity index (χ4n) is 4.03. The fraction of sp³-hybridized carbons (Fsp3) is 0.636. The largest absolute Gasteiger partial charge is 0.361 e. The number of nitrogens with zero attached hydrogens (tertiary/aromatic N) is 3. The molecule has 1 amide bonds. The summed E-state index contributed by atoms with van der Waals surface area (Å²) < 4.78 is 36.1. The van der Waals surface area contributed by atoms with Crippen molar-refractivity contribution < 1.29 is 17.9 Å². The van der Waals surface area contributed by atoms with E-state index in [1.54, 1.807) is 6.07 Å². The molecule has 0 aliphatic heterocycles. The molecule has 8 nitrogen and oxygen atoms in total. The van der Waals surface area contributed by atoms with Crippen molar-refractivity contribution >= 4 is 51.2 Å². The van der Waals surface area contributed by atoms with E-state index in [4.69, 9.17) is 4.74 Å². The highest BCUT2D eigenvalue weighted by Gasteiger charge is 2.27. The van der Waals surface area contributed by atoms with Gasteiger partial charge < -0.3 is 4.74 Å². The summed E-state index contributed by atoms with van der Waals surface area (Å²) >= 11 is 3.80. The molecule has 0 unspecified atom stereocenters. The van der Waals surface area contributed by atoms with Gasteiger partial charge in [-0.15, -0.1) is 0 Å². The number of nitrogens with one attached hydrogen (secondary N) is 1. The molecule has 0 aromatic carbocycles. The van der Waals surface area contributed by atoms with Gasteiger partial charge in [-0.3, -0.25) is 9.36 Å². The van der Waals surface area contributed by atoms with Crippen molar-refractivity contribution in [2.24, 2.45) is 0 Å². The van der Waals surface area contributed by atoms with Crippen molar-refractivity contribution in [2.45, 2.75) is 70.4 Å². The standard InChI is InChI=1S/C22H35BrN4O4SSi/c1-26(2)32(29,30)25-22(28)18-12-11-17-19(16-9-7-6-8-10-16)20(23)27(21(17)24-18)15-31-13-14-33(3,4)5/h11-12,16H,6-10,13-15H2,1-5H3,(H,25,28). The van der Waals surface area contributed by atoms with Gasteiger partial charge in [-0.2, -0.15) is 12.7 Å². The molecule has 1 fully saturated rings. The Bertz CT molecular complexity index is 1110. The molecule has 0 atom stereocenters. The van der Waals surface area contributed by atoms with Crippen LogP contribution in [0.25, 0.3) is 11.0 Å². The SMILES string of the molecule is CN(C)S(=O)(=O)NC(=O)c1ccc2c(C3CCCCC3)c(Br)n(COCC[Si](C)(C)C)c2n1. The number of aromatic nitrogens is 2. The van der Waals surface area contributed by atoms with Gasteiger partial charge in [0.15, 0.2) is 0 Å². The van der Waals surface area contributed by atoms with Crippen molar-refractivity contribution in [3.05, 3.63) is 28.0 Å². The maximum absolute atomic E-state index is 12.7. The zero-order valence-corrected chi connectivity index (χ0v) is 23.6. The second kappa shape index (κ2) is 10.6. The van der Waals surface area contributed by atoms with Crippen LogP contribution in [0.3, 0.4) is 0 Å². The fourth-order valence-corrected chi connectivity index (χ4v) is 6.12. The van der Waals surface area contributed by atoms with Gasteiger partial charge in [-0.1, -0.05) is 38.9 Å². The first-order valence-corrected chi connectivity index (χ1v) is 17.4.